The highest BCUT2D eigenvalue weighted by Gasteiger charge is 2.20. The first-order chi connectivity index (χ1) is 8.08. The Balaban J connectivity index is 2.33. The first-order valence-electron chi connectivity index (χ1n) is 5.65. The lowest BCUT2D eigenvalue weighted by molar-refractivity contribution is 0.100. The van der Waals surface area contributed by atoms with E-state index in [-0.39, 0.29) is 5.91 Å². The number of hydrogen-bond acceptors (Lipinski definition) is 3. The van der Waals surface area contributed by atoms with Gasteiger partial charge in [-0.25, -0.2) is 0 Å². The zero-order valence-corrected chi connectivity index (χ0v) is 11.3. The predicted molar refractivity (Wildman–Crippen MR) is 72.3 cm³/mol. The minimum atomic E-state index is -0.382. The monoisotopic (exact) mass is 297 g/mol. The molecular formula is C12H16BrN3O. The molecule has 1 aliphatic rings. The van der Waals surface area contributed by atoms with E-state index in [1.54, 1.807) is 6.07 Å². The van der Waals surface area contributed by atoms with Gasteiger partial charge in [-0.1, -0.05) is 15.9 Å². The Kier molecular flexibility index (Phi) is 3.69. The summed E-state index contributed by atoms with van der Waals surface area (Å²) in [6, 6.07) is 6.09. The molecule has 0 bridgehead atoms. The fourth-order valence-corrected chi connectivity index (χ4v) is 2.49. The van der Waals surface area contributed by atoms with Crippen LogP contribution >= 0.6 is 15.9 Å². The van der Waals surface area contributed by atoms with Gasteiger partial charge >= 0.3 is 0 Å². The first kappa shape index (κ1) is 12.4. The average Bonchev–Trinajstić information content (AvgIpc) is 2.28. The van der Waals surface area contributed by atoms with Gasteiger partial charge in [-0.2, -0.15) is 0 Å². The molecule has 0 spiro atoms. The van der Waals surface area contributed by atoms with E-state index >= 15 is 0 Å². The maximum atomic E-state index is 11.5. The van der Waals surface area contributed by atoms with Gasteiger partial charge in [0, 0.05) is 35.8 Å². The van der Waals surface area contributed by atoms with Gasteiger partial charge in [-0.15, -0.1) is 0 Å². The van der Waals surface area contributed by atoms with E-state index in [9.17, 15) is 4.79 Å². The van der Waals surface area contributed by atoms with E-state index < -0.39 is 0 Å². The number of piperazine rings is 1. The van der Waals surface area contributed by atoms with Gasteiger partial charge in [0.15, 0.2) is 0 Å². The van der Waals surface area contributed by atoms with Crippen LogP contribution in [0.25, 0.3) is 0 Å². The van der Waals surface area contributed by atoms with E-state index in [1.807, 2.05) is 12.1 Å². The Morgan fingerprint density at radius 3 is 3.00 bits per heavy atom. The number of anilines is 1. The normalized spacial score (nSPS) is 20.4. The van der Waals surface area contributed by atoms with Crippen LogP contribution in [0.3, 0.4) is 0 Å². The largest absolute Gasteiger partial charge is 0.368 e. The third kappa shape index (κ3) is 2.79. The highest BCUT2D eigenvalue weighted by Crippen LogP contribution is 2.25. The minimum Gasteiger partial charge on any atom is -0.368 e. The molecule has 0 saturated carbocycles. The second-order valence-electron chi connectivity index (χ2n) is 4.33. The van der Waals surface area contributed by atoms with E-state index in [2.05, 4.69) is 33.1 Å². The molecule has 0 radical (unpaired) electrons. The number of rotatable bonds is 2. The quantitative estimate of drug-likeness (QED) is 0.866. The number of primary amides is 1. The van der Waals surface area contributed by atoms with Crippen molar-refractivity contribution in [1.82, 2.24) is 5.32 Å². The van der Waals surface area contributed by atoms with Crippen LogP contribution in [-0.4, -0.2) is 31.6 Å². The lowest BCUT2D eigenvalue weighted by Gasteiger charge is -2.34. The second kappa shape index (κ2) is 5.06. The number of nitrogens with one attached hydrogen (secondary N) is 1. The van der Waals surface area contributed by atoms with E-state index in [0.717, 1.165) is 29.8 Å². The fourth-order valence-electron chi connectivity index (χ4n) is 2.13. The molecule has 3 N–H and O–H groups in total. The van der Waals surface area contributed by atoms with Gasteiger partial charge in [0.1, 0.15) is 0 Å². The lowest BCUT2D eigenvalue weighted by Crippen LogP contribution is -2.49. The van der Waals surface area contributed by atoms with Crippen LogP contribution in [0.5, 0.6) is 0 Å². The van der Waals surface area contributed by atoms with Crippen LogP contribution in [0.1, 0.15) is 17.3 Å². The number of carbonyl (C=O) groups is 1. The van der Waals surface area contributed by atoms with E-state index in [1.165, 1.54) is 0 Å². The number of carbonyl (C=O) groups excluding carboxylic acids is 1. The Labute approximate surface area is 109 Å². The number of halogens is 1. The maximum Gasteiger partial charge on any atom is 0.250 e. The zero-order chi connectivity index (χ0) is 12.4. The van der Waals surface area contributed by atoms with Crippen LogP contribution in [0.2, 0.25) is 0 Å². The van der Waals surface area contributed by atoms with Crippen molar-refractivity contribution in [3.05, 3.63) is 28.2 Å². The number of nitrogens with zero attached hydrogens (tertiary/aromatic N) is 1. The predicted octanol–water partition coefficient (Wildman–Crippen LogP) is 1.35. The molecule has 5 heteroatoms. The molecule has 1 amide bonds. The summed E-state index contributed by atoms with van der Waals surface area (Å²) in [6.07, 6.45) is 0. The van der Waals surface area contributed by atoms with Crippen molar-refractivity contribution in [3.63, 3.8) is 0 Å². The van der Waals surface area contributed by atoms with Gasteiger partial charge in [0.05, 0.1) is 5.56 Å². The Bertz CT molecular complexity index is 436. The van der Waals surface area contributed by atoms with Gasteiger partial charge in [-0.3, -0.25) is 4.79 Å². The van der Waals surface area contributed by atoms with Gasteiger partial charge in [-0.05, 0) is 25.1 Å². The van der Waals surface area contributed by atoms with Gasteiger partial charge in [0.25, 0.3) is 5.91 Å². The van der Waals surface area contributed by atoms with Crippen LogP contribution in [-0.2, 0) is 0 Å². The topological polar surface area (TPSA) is 58.4 Å². The molecule has 0 unspecified atom stereocenters. The van der Waals surface area contributed by atoms with Crippen molar-refractivity contribution >= 4 is 27.5 Å². The smallest absolute Gasteiger partial charge is 0.250 e. The van der Waals surface area contributed by atoms with Crippen molar-refractivity contribution in [2.24, 2.45) is 5.73 Å². The summed E-state index contributed by atoms with van der Waals surface area (Å²) < 4.78 is 0.873. The molecule has 1 aromatic carbocycles. The fraction of sp³-hybridized carbons (Fsp3) is 0.417. The molecule has 1 aliphatic heterocycles. The third-order valence-electron chi connectivity index (χ3n) is 2.93. The van der Waals surface area contributed by atoms with Crippen LogP contribution < -0.4 is 16.0 Å². The van der Waals surface area contributed by atoms with Gasteiger partial charge in [0.2, 0.25) is 0 Å². The van der Waals surface area contributed by atoms with Crippen LogP contribution in [0, 0.1) is 0 Å². The number of amides is 1. The molecule has 1 heterocycles. The van der Waals surface area contributed by atoms with E-state index in [4.69, 9.17) is 5.73 Å². The van der Waals surface area contributed by atoms with Crippen molar-refractivity contribution < 1.29 is 4.79 Å². The summed E-state index contributed by atoms with van der Waals surface area (Å²) in [7, 11) is 0. The van der Waals surface area contributed by atoms with Gasteiger partial charge < -0.3 is 16.0 Å². The van der Waals surface area contributed by atoms with Crippen molar-refractivity contribution in [2.45, 2.75) is 13.0 Å². The molecular weight excluding hydrogens is 282 g/mol. The molecule has 1 aromatic rings. The molecule has 1 atom stereocenters. The van der Waals surface area contributed by atoms with Crippen molar-refractivity contribution in [1.29, 1.82) is 0 Å². The summed E-state index contributed by atoms with van der Waals surface area (Å²) in [4.78, 5) is 13.7. The number of nitrogens with two attached hydrogens (primary N) is 1. The molecule has 4 nitrogen and oxygen atoms in total. The molecule has 0 aliphatic carbocycles. The summed E-state index contributed by atoms with van der Waals surface area (Å²) in [5, 5.41) is 3.37. The summed E-state index contributed by atoms with van der Waals surface area (Å²) >= 11 is 3.36. The maximum absolute atomic E-state index is 11.5. The van der Waals surface area contributed by atoms with Crippen molar-refractivity contribution in [2.75, 3.05) is 24.5 Å². The van der Waals surface area contributed by atoms with Crippen LogP contribution in [0.4, 0.5) is 5.69 Å². The molecule has 1 saturated heterocycles. The number of hydrogen-bond donors (Lipinski definition) is 2. The lowest BCUT2D eigenvalue weighted by atomic mass is 10.1. The summed E-state index contributed by atoms with van der Waals surface area (Å²) in [6.45, 7) is 4.85. The standard InChI is InChI=1S/C12H16BrN3O/c1-8-7-16(5-4-15-8)11-3-2-9(13)6-10(11)12(14)17/h2-3,6,8,15H,4-5,7H2,1H3,(H2,14,17)/t8-/m0/s1. The molecule has 1 fully saturated rings. The molecule has 2 rings (SSSR count). The first-order valence-corrected chi connectivity index (χ1v) is 6.45. The minimum absolute atomic E-state index is 0.382. The molecule has 17 heavy (non-hydrogen) atoms. The second-order valence-corrected chi connectivity index (χ2v) is 5.24. The highest BCUT2D eigenvalue weighted by atomic mass is 79.9. The Morgan fingerprint density at radius 1 is 1.59 bits per heavy atom. The third-order valence-corrected chi connectivity index (χ3v) is 3.43. The summed E-state index contributed by atoms with van der Waals surface area (Å²) in [5.74, 6) is -0.382. The average molecular weight is 298 g/mol. The van der Waals surface area contributed by atoms with Crippen molar-refractivity contribution in [3.8, 4) is 0 Å². The zero-order valence-electron chi connectivity index (χ0n) is 9.74. The molecule has 0 aromatic heterocycles. The SMILES string of the molecule is C[C@H]1CN(c2ccc(Br)cc2C(N)=O)CCN1. The van der Waals surface area contributed by atoms with Crippen LogP contribution in [0.15, 0.2) is 22.7 Å². The highest BCUT2D eigenvalue weighted by molar-refractivity contribution is 9.10. The van der Waals surface area contributed by atoms with E-state index in [0.29, 0.717) is 11.6 Å². The Morgan fingerprint density at radius 2 is 2.35 bits per heavy atom. The summed E-state index contributed by atoms with van der Waals surface area (Å²) in [5.41, 5.74) is 6.93. The number of benzene rings is 1. The Hall–Kier alpha value is -1.07. The molecule has 92 valence electrons.